The Balaban J connectivity index is 1.60. The first-order chi connectivity index (χ1) is 12.4. The first-order valence-corrected chi connectivity index (χ1v) is 7.48. The zero-order chi connectivity index (χ0) is 18.7. The summed E-state index contributed by atoms with van der Waals surface area (Å²) >= 11 is 0. The van der Waals surface area contributed by atoms with Crippen LogP contribution in [-0.2, 0) is 11.3 Å². The molecule has 0 aliphatic heterocycles. The van der Waals surface area contributed by atoms with Gasteiger partial charge < -0.3 is 19.8 Å². The number of anilines is 1. The Hall–Kier alpha value is -3.76. The van der Waals surface area contributed by atoms with Gasteiger partial charge in [0.15, 0.2) is 11.5 Å². The van der Waals surface area contributed by atoms with Gasteiger partial charge in [0.2, 0.25) is 0 Å². The van der Waals surface area contributed by atoms with E-state index in [0.29, 0.717) is 11.2 Å². The maximum atomic E-state index is 11.8. The first-order valence-electron chi connectivity index (χ1n) is 7.48. The topological polar surface area (TPSA) is 148 Å². The number of nitrogens with two attached hydrogens (primary N) is 1. The first kappa shape index (κ1) is 17.1. The molecule has 0 amide bonds. The fourth-order valence-corrected chi connectivity index (χ4v) is 2.27. The summed E-state index contributed by atoms with van der Waals surface area (Å²) in [7, 11) is 0. The van der Waals surface area contributed by atoms with E-state index in [1.54, 1.807) is 11.5 Å². The summed E-state index contributed by atoms with van der Waals surface area (Å²) in [4.78, 5) is 34.0. The fourth-order valence-electron chi connectivity index (χ4n) is 2.27. The molecule has 0 radical (unpaired) electrons. The number of carbonyl (C=O) groups is 1. The molecule has 0 bridgehead atoms. The SMILES string of the molecule is C[C@H](Cn1cnc2c(N)ncnc21)OC(=O)Oc1ccc([N+](=O)[O-])cc1. The van der Waals surface area contributed by atoms with Crippen molar-refractivity contribution in [3.05, 3.63) is 47.0 Å². The Morgan fingerprint density at radius 3 is 2.73 bits per heavy atom. The summed E-state index contributed by atoms with van der Waals surface area (Å²) in [6, 6.07) is 5.09. The molecule has 1 atom stereocenters. The molecule has 3 rings (SSSR count). The van der Waals surface area contributed by atoms with E-state index in [9.17, 15) is 14.9 Å². The molecule has 0 saturated carbocycles. The molecule has 1 aromatic carbocycles. The Morgan fingerprint density at radius 2 is 2.04 bits per heavy atom. The number of nitrogen functional groups attached to an aromatic ring is 1. The average Bonchev–Trinajstić information content (AvgIpc) is 2.99. The molecule has 134 valence electrons. The van der Waals surface area contributed by atoms with Gasteiger partial charge in [-0.1, -0.05) is 0 Å². The van der Waals surface area contributed by atoms with Crippen molar-refractivity contribution in [3.63, 3.8) is 0 Å². The highest BCUT2D eigenvalue weighted by Gasteiger charge is 2.16. The number of imidazole rings is 1. The van der Waals surface area contributed by atoms with Gasteiger partial charge >= 0.3 is 6.16 Å². The fraction of sp³-hybridized carbons (Fsp3) is 0.200. The Labute approximate surface area is 146 Å². The molecule has 2 N–H and O–H groups in total. The van der Waals surface area contributed by atoms with Crippen LogP contribution in [-0.4, -0.2) is 36.7 Å². The number of nitro benzene ring substituents is 1. The number of rotatable bonds is 5. The number of benzene rings is 1. The van der Waals surface area contributed by atoms with Crippen LogP contribution in [0.4, 0.5) is 16.3 Å². The van der Waals surface area contributed by atoms with Gasteiger partial charge in [-0.25, -0.2) is 19.7 Å². The summed E-state index contributed by atoms with van der Waals surface area (Å²) in [6.07, 6.45) is 1.38. The monoisotopic (exact) mass is 358 g/mol. The average molecular weight is 358 g/mol. The summed E-state index contributed by atoms with van der Waals surface area (Å²) in [5, 5.41) is 10.6. The lowest BCUT2D eigenvalue weighted by atomic mass is 10.3. The molecule has 11 nitrogen and oxygen atoms in total. The third kappa shape index (κ3) is 3.66. The summed E-state index contributed by atoms with van der Waals surface area (Å²) in [5.41, 5.74) is 6.61. The second-order valence-corrected chi connectivity index (χ2v) is 5.36. The normalized spacial score (nSPS) is 11.9. The van der Waals surface area contributed by atoms with Gasteiger partial charge in [-0.05, 0) is 19.1 Å². The van der Waals surface area contributed by atoms with Crippen molar-refractivity contribution in [1.29, 1.82) is 0 Å². The van der Waals surface area contributed by atoms with Crippen LogP contribution in [0.5, 0.6) is 5.75 Å². The summed E-state index contributed by atoms with van der Waals surface area (Å²) in [6.45, 7) is 1.95. The summed E-state index contributed by atoms with van der Waals surface area (Å²) in [5.74, 6) is 0.404. The quantitative estimate of drug-likeness (QED) is 0.312. The van der Waals surface area contributed by atoms with Gasteiger partial charge in [0.1, 0.15) is 23.7 Å². The highest BCUT2D eigenvalue weighted by atomic mass is 16.7. The molecule has 3 aromatic rings. The smallest absolute Gasteiger partial charge is 0.429 e. The van der Waals surface area contributed by atoms with E-state index >= 15 is 0 Å². The van der Waals surface area contributed by atoms with Crippen molar-refractivity contribution in [2.45, 2.75) is 19.6 Å². The van der Waals surface area contributed by atoms with Crippen molar-refractivity contribution in [2.75, 3.05) is 5.73 Å². The van der Waals surface area contributed by atoms with Crippen LogP contribution >= 0.6 is 0 Å². The van der Waals surface area contributed by atoms with Crippen molar-refractivity contribution in [1.82, 2.24) is 19.5 Å². The molecule has 0 fully saturated rings. The van der Waals surface area contributed by atoms with E-state index in [0.717, 1.165) is 0 Å². The van der Waals surface area contributed by atoms with Gasteiger partial charge in [-0.15, -0.1) is 0 Å². The van der Waals surface area contributed by atoms with E-state index in [1.165, 1.54) is 36.9 Å². The molecule has 26 heavy (non-hydrogen) atoms. The minimum Gasteiger partial charge on any atom is -0.429 e. The van der Waals surface area contributed by atoms with E-state index in [4.69, 9.17) is 15.2 Å². The molecule has 11 heteroatoms. The molecular formula is C15H14N6O5. The predicted molar refractivity (Wildman–Crippen MR) is 89.4 cm³/mol. The van der Waals surface area contributed by atoms with E-state index in [-0.39, 0.29) is 23.8 Å². The van der Waals surface area contributed by atoms with E-state index in [2.05, 4.69) is 15.0 Å². The zero-order valence-corrected chi connectivity index (χ0v) is 13.6. The minimum atomic E-state index is -0.926. The Morgan fingerprint density at radius 1 is 1.31 bits per heavy atom. The second kappa shape index (κ2) is 7.01. The zero-order valence-electron chi connectivity index (χ0n) is 13.6. The third-order valence-electron chi connectivity index (χ3n) is 3.43. The summed E-state index contributed by atoms with van der Waals surface area (Å²) < 4.78 is 11.8. The van der Waals surface area contributed by atoms with Crippen LogP contribution in [0.1, 0.15) is 6.92 Å². The number of fused-ring (bicyclic) bond motifs is 1. The van der Waals surface area contributed by atoms with Crippen molar-refractivity contribution < 1.29 is 19.2 Å². The number of ether oxygens (including phenoxy) is 2. The number of aromatic nitrogens is 4. The second-order valence-electron chi connectivity index (χ2n) is 5.36. The van der Waals surface area contributed by atoms with Gasteiger partial charge in [-0.3, -0.25) is 10.1 Å². The maximum Gasteiger partial charge on any atom is 0.514 e. The van der Waals surface area contributed by atoms with E-state index < -0.39 is 17.2 Å². The van der Waals surface area contributed by atoms with Gasteiger partial charge in [-0.2, -0.15) is 0 Å². The number of carbonyl (C=O) groups excluding carboxylic acids is 1. The lowest BCUT2D eigenvalue weighted by molar-refractivity contribution is -0.384. The van der Waals surface area contributed by atoms with E-state index in [1.807, 2.05) is 0 Å². The molecule has 2 heterocycles. The van der Waals surface area contributed by atoms with Crippen LogP contribution < -0.4 is 10.5 Å². The predicted octanol–water partition coefficient (Wildman–Crippen LogP) is 1.92. The van der Waals surface area contributed by atoms with Crippen LogP contribution in [0.2, 0.25) is 0 Å². The third-order valence-corrected chi connectivity index (χ3v) is 3.43. The molecule has 0 saturated heterocycles. The largest absolute Gasteiger partial charge is 0.514 e. The molecule has 2 aromatic heterocycles. The number of hydrogen-bond donors (Lipinski definition) is 1. The standard InChI is InChI=1S/C15H14N6O5/c1-9(6-20-8-19-12-13(16)17-7-18-14(12)20)25-15(22)26-11-4-2-10(3-5-11)21(23)24/h2-5,7-9H,6H2,1H3,(H2,16,17,18)/t9-/m1/s1. The van der Waals surface area contributed by atoms with Crippen molar-refractivity contribution >= 4 is 28.8 Å². The van der Waals surface area contributed by atoms with Crippen LogP contribution in [0.15, 0.2) is 36.9 Å². The minimum absolute atomic E-state index is 0.104. The highest BCUT2D eigenvalue weighted by molar-refractivity contribution is 5.81. The van der Waals surface area contributed by atoms with Crippen molar-refractivity contribution in [3.8, 4) is 5.75 Å². The van der Waals surface area contributed by atoms with Crippen LogP contribution in [0, 0.1) is 10.1 Å². The molecule has 0 unspecified atom stereocenters. The molecule has 0 aliphatic rings. The van der Waals surface area contributed by atoms with Crippen LogP contribution in [0.3, 0.4) is 0 Å². The van der Waals surface area contributed by atoms with Crippen LogP contribution in [0.25, 0.3) is 11.2 Å². The number of nitrogens with zero attached hydrogens (tertiary/aromatic N) is 5. The highest BCUT2D eigenvalue weighted by Crippen LogP contribution is 2.18. The lowest BCUT2D eigenvalue weighted by Gasteiger charge is -2.13. The van der Waals surface area contributed by atoms with Gasteiger partial charge in [0, 0.05) is 12.1 Å². The number of non-ortho nitro benzene ring substituents is 1. The number of nitro groups is 1. The van der Waals surface area contributed by atoms with Gasteiger partial charge in [0.05, 0.1) is 17.8 Å². The molecular weight excluding hydrogens is 344 g/mol. The van der Waals surface area contributed by atoms with Crippen molar-refractivity contribution in [2.24, 2.45) is 0 Å². The maximum absolute atomic E-state index is 11.8. The number of hydrogen-bond acceptors (Lipinski definition) is 9. The Kier molecular flexibility index (Phi) is 4.60. The Bertz CT molecular complexity index is 955. The lowest BCUT2D eigenvalue weighted by Crippen LogP contribution is -2.22. The molecule has 0 aliphatic carbocycles. The van der Waals surface area contributed by atoms with Gasteiger partial charge in [0.25, 0.3) is 5.69 Å². The molecule has 0 spiro atoms.